The van der Waals surface area contributed by atoms with E-state index in [0.717, 1.165) is 20.4 Å². The molecule has 0 bridgehead atoms. The molecule has 0 amide bonds. The number of rotatable bonds is 6. The van der Waals surface area contributed by atoms with Crippen LogP contribution in [0.25, 0.3) is 5.69 Å². The Morgan fingerprint density at radius 1 is 1.24 bits per heavy atom. The Labute approximate surface area is 146 Å². The first-order chi connectivity index (χ1) is 11.6. The number of nitrogens with zero attached hydrogens (tertiary/aromatic N) is 2. The molecular formula is C14H13ClF3N2O4P. The van der Waals surface area contributed by atoms with Gasteiger partial charge in [0.15, 0.2) is 11.5 Å². The predicted molar refractivity (Wildman–Crippen MR) is 84.4 cm³/mol. The highest BCUT2D eigenvalue weighted by atomic mass is 35.5. The lowest BCUT2D eigenvalue weighted by Crippen LogP contribution is -2.19. The number of ketones is 1. The molecule has 0 aliphatic heterocycles. The van der Waals surface area contributed by atoms with Gasteiger partial charge >= 0.3 is 13.8 Å². The normalized spacial score (nSPS) is 12.4. The molecule has 0 N–H and O–H groups in total. The molecule has 1 heterocycles. The molecule has 25 heavy (non-hydrogen) atoms. The molecule has 0 saturated carbocycles. The summed E-state index contributed by atoms with van der Waals surface area (Å²) >= 11 is 5.72. The third kappa shape index (κ3) is 4.30. The van der Waals surface area contributed by atoms with Crippen LogP contribution in [0.15, 0.2) is 30.5 Å². The number of hydrogen-bond donors (Lipinski definition) is 0. The van der Waals surface area contributed by atoms with Crippen LogP contribution in [0.1, 0.15) is 16.1 Å². The number of aromatic nitrogens is 2. The van der Waals surface area contributed by atoms with Crippen molar-refractivity contribution in [3.05, 3.63) is 46.7 Å². The van der Waals surface area contributed by atoms with Crippen molar-refractivity contribution in [2.75, 3.05) is 20.4 Å². The average Bonchev–Trinajstić information content (AvgIpc) is 3.01. The van der Waals surface area contributed by atoms with E-state index < -0.39 is 37.0 Å². The molecule has 0 fully saturated rings. The molecule has 11 heteroatoms. The van der Waals surface area contributed by atoms with Gasteiger partial charge in [-0.25, -0.2) is 4.68 Å². The third-order valence-corrected chi connectivity index (χ3v) is 5.34. The zero-order valence-corrected chi connectivity index (χ0v) is 14.7. The van der Waals surface area contributed by atoms with E-state index in [1.807, 2.05) is 0 Å². The molecule has 0 aliphatic rings. The number of halogens is 4. The number of carbonyl (C=O) groups excluding carboxylic acids is 1. The Morgan fingerprint density at radius 3 is 2.28 bits per heavy atom. The van der Waals surface area contributed by atoms with Gasteiger partial charge in [0.2, 0.25) is 0 Å². The van der Waals surface area contributed by atoms with E-state index in [4.69, 9.17) is 11.6 Å². The van der Waals surface area contributed by atoms with Crippen molar-refractivity contribution in [1.29, 1.82) is 0 Å². The fraction of sp³-hybridized carbons (Fsp3) is 0.286. The SMILES string of the molecule is COP(=O)(CC(=O)c1cnn(-c2ccc(Cl)cc2)c1C(F)(F)F)OC. The summed E-state index contributed by atoms with van der Waals surface area (Å²) in [5, 5.41) is 3.98. The van der Waals surface area contributed by atoms with Gasteiger partial charge < -0.3 is 9.05 Å². The van der Waals surface area contributed by atoms with Crippen LogP contribution in [0, 0.1) is 0 Å². The Kier molecular flexibility index (Phi) is 5.73. The van der Waals surface area contributed by atoms with Gasteiger partial charge in [0.05, 0.1) is 17.4 Å². The minimum Gasteiger partial charge on any atom is -0.312 e. The van der Waals surface area contributed by atoms with Crippen LogP contribution in [0.3, 0.4) is 0 Å². The molecule has 0 atom stereocenters. The summed E-state index contributed by atoms with van der Waals surface area (Å²) in [5.74, 6) is -1.06. The van der Waals surface area contributed by atoms with Crippen LogP contribution >= 0.6 is 19.2 Å². The second-order valence-corrected chi connectivity index (χ2v) is 7.55. The lowest BCUT2D eigenvalue weighted by molar-refractivity contribution is -0.143. The molecule has 0 spiro atoms. The van der Waals surface area contributed by atoms with Crippen LogP contribution in [0.5, 0.6) is 0 Å². The standard InChI is InChI=1S/C14H13ClF3N2O4P/c1-23-25(22,24-2)8-12(21)11-7-19-20(13(11)14(16,17)18)10-5-3-9(15)4-6-10/h3-7H,8H2,1-2H3. The number of alkyl halides is 3. The third-order valence-electron chi connectivity index (χ3n) is 3.30. The predicted octanol–water partition coefficient (Wildman–Crippen LogP) is 4.21. The highest BCUT2D eigenvalue weighted by Gasteiger charge is 2.41. The number of hydrogen-bond acceptors (Lipinski definition) is 5. The van der Waals surface area contributed by atoms with Crippen molar-refractivity contribution >= 4 is 25.0 Å². The first kappa shape index (κ1) is 19.7. The molecule has 0 radical (unpaired) electrons. The molecule has 0 saturated heterocycles. The van der Waals surface area contributed by atoms with E-state index in [2.05, 4.69) is 14.1 Å². The van der Waals surface area contributed by atoms with Gasteiger partial charge in [0.25, 0.3) is 0 Å². The summed E-state index contributed by atoms with van der Waals surface area (Å²) in [6.45, 7) is 0. The zero-order chi connectivity index (χ0) is 18.8. The molecule has 2 rings (SSSR count). The number of carbonyl (C=O) groups is 1. The van der Waals surface area contributed by atoms with E-state index in [1.165, 1.54) is 24.3 Å². The fourth-order valence-electron chi connectivity index (χ4n) is 2.07. The van der Waals surface area contributed by atoms with E-state index in [0.29, 0.717) is 9.70 Å². The van der Waals surface area contributed by atoms with Gasteiger partial charge in [0, 0.05) is 19.2 Å². The molecule has 0 aliphatic carbocycles. The summed E-state index contributed by atoms with van der Waals surface area (Å²) in [6.07, 6.45) is -4.93. The van der Waals surface area contributed by atoms with Crippen molar-refractivity contribution in [2.24, 2.45) is 0 Å². The summed E-state index contributed by atoms with van der Waals surface area (Å²) < 4.78 is 62.3. The maximum absolute atomic E-state index is 13.5. The van der Waals surface area contributed by atoms with Crippen LogP contribution in [0.4, 0.5) is 13.2 Å². The summed E-state index contributed by atoms with van der Waals surface area (Å²) in [5.41, 5.74) is -1.94. The van der Waals surface area contributed by atoms with Crippen molar-refractivity contribution < 1.29 is 31.6 Å². The number of Topliss-reactive ketones (excluding diaryl/α,β-unsaturated/α-hetero) is 1. The second-order valence-electron chi connectivity index (χ2n) is 4.85. The molecule has 136 valence electrons. The lowest BCUT2D eigenvalue weighted by Gasteiger charge is -2.14. The highest BCUT2D eigenvalue weighted by molar-refractivity contribution is 7.54. The maximum Gasteiger partial charge on any atom is 0.434 e. The zero-order valence-electron chi connectivity index (χ0n) is 13.1. The van der Waals surface area contributed by atoms with E-state index in [1.54, 1.807) is 0 Å². The van der Waals surface area contributed by atoms with Gasteiger partial charge in [0.1, 0.15) is 6.16 Å². The Bertz CT molecular complexity index is 812. The van der Waals surface area contributed by atoms with Crippen LogP contribution in [0.2, 0.25) is 5.02 Å². The smallest absolute Gasteiger partial charge is 0.312 e. The van der Waals surface area contributed by atoms with Crippen LogP contribution in [-0.4, -0.2) is 35.9 Å². The van der Waals surface area contributed by atoms with Gasteiger partial charge in [-0.3, -0.25) is 9.36 Å². The number of benzene rings is 1. The van der Waals surface area contributed by atoms with E-state index in [-0.39, 0.29) is 5.69 Å². The minimum absolute atomic E-state index is 0.0671. The Balaban J connectivity index is 2.52. The Morgan fingerprint density at radius 2 is 1.80 bits per heavy atom. The first-order valence-electron chi connectivity index (χ1n) is 6.76. The monoisotopic (exact) mass is 396 g/mol. The molecule has 1 aromatic heterocycles. The average molecular weight is 397 g/mol. The van der Waals surface area contributed by atoms with Gasteiger partial charge in [-0.05, 0) is 24.3 Å². The molecule has 0 unspecified atom stereocenters. The van der Waals surface area contributed by atoms with Crippen LogP contribution in [-0.2, 0) is 19.8 Å². The van der Waals surface area contributed by atoms with E-state index in [9.17, 15) is 22.5 Å². The minimum atomic E-state index is -4.87. The summed E-state index contributed by atoms with van der Waals surface area (Å²) in [7, 11) is -1.73. The van der Waals surface area contributed by atoms with Crippen molar-refractivity contribution in [3.63, 3.8) is 0 Å². The largest absolute Gasteiger partial charge is 0.434 e. The lowest BCUT2D eigenvalue weighted by atomic mass is 10.1. The van der Waals surface area contributed by atoms with Gasteiger partial charge in [-0.2, -0.15) is 18.3 Å². The summed E-state index contributed by atoms with van der Waals surface area (Å²) in [4.78, 5) is 12.2. The molecule has 2 aromatic rings. The fourth-order valence-corrected chi connectivity index (χ4v) is 3.12. The Hall–Kier alpha value is -1.67. The van der Waals surface area contributed by atoms with E-state index >= 15 is 0 Å². The van der Waals surface area contributed by atoms with Crippen LogP contribution < -0.4 is 0 Å². The first-order valence-corrected chi connectivity index (χ1v) is 8.87. The quantitative estimate of drug-likeness (QED) is 0.540. The van der Waals surface area contributed by atoms with Crippen molar-refractivity contribution in [3.8, 4) is 5.69 Å². The topological polar surface area (TPSA) is 70.4 Å². The maximum atomic E-state index is 13.5. The van der Waals surface area contributed by atoms with Crippen molar-refractivity contribution in [1.82, 2.24) is 9.78 Å². The van der Waals surface area contributed by atoms with Crippen molar-refractivity contribution in [2.45, 2.75) is 6.18 Å². The molecule has 1 aromatic carbocycles. The summed E-state index contributed by atoms with van der Waals surface area (Å²) in [6, 6.07) is 5.44. The van der Waals surface area contributed by atoms with Gasteiger partial charge in [-0.1, -0.05) is 11.6 Å². The molecular weight excluding hydrogens is 384 g/mol. The highest BCUT2D eigenvalue weighted by Crippen LogP contribution is 2.47. The second kappa shape index (κ2) is 7.29. The molecule has 6 nitrogen and oxygen atoms in total. The van der Waals surface area contributed by atoms with Gasteiger partial charge in [-0.15, -0.1) is 0 Å².